The predicted octanol–water partition coefficient (Wildman–Crippen LogP) is 5.87. The highest BCUT2D eigenvalue weighted by Crippen LogP contribution is 2.37. The molecule has 38 heavy (non-hydrogen) atoms. The topological polar surface area (TPSA) is 91.3 Å². The average molecular weight is 596 g/mol. The van der Waals surface area contributed by atoms with E-state index in [4.69, 9.17) is 9.72 Å². The third-order valence-electron chi connectivity index (χ3n) is 6.70. The Bertz CT molecular complexity index is 1400. The number of anilines is 5. The van der Waals surface area contributed by atoms with E-state index in [1.165, 1.54) is 11.3 Å². The van der Waals surface area contributed by atoms with E-state index in [-0.39, 0.29) is 0 Å². The number of fused-ring (bicyclic) bond motifs is 1. The molecule has 4 aromatic rings. The highest BCUT2D eigenvalue weighted by molar-refractivity contribution is 9.10. The minimum atomic E-state index is 0.369. The van der Waals surface area contributed by atoms with Crippen LogP contribution in [0.1, 0.15) is 18.4 Å². The first-order valence-corrected chi connectivity index (χ1v) is 14.4. The molecule has 9 nitrogen and oxygen atoms in total. The fraction of sp³-hybridized carbons (Fsp3) is 0.333. The minimum absolute atomic E-state index is 0.369. The highest BCUT2D eigenvalue weighted by atomic mass is 79.9. The van der Waals surface area contributed by atoms with Crippen LogP contribution in [0.25, 0.3) is 11.0 Å². The van der Waals surface area contributed by atoms with E-state index < -0.39 is 0 Å². The van der Waals surface area contributed by atoms with Crippen molar-refractivity contribution in [3.63, 3.8) is 0 Å². The Morgan fingerprint density at radius 2 is 1.95 bits per heavy atom. The molecule has 0 aliphatic carbocycles. The Labute approximate surface area is 235 Å². The Morgan fingerprint density at radius 1 is 1.13 bits per heavy atom. The summed E-state index contributed by atoms with van der Waals surface area (Å²) in [4.78, 5) is 20.7. The zero-order valence-electron chi connectivity index (χ0n) is 21.7. The summed E-state index contributed by atoms with van der Waals surface area (Å²) in [6, 6.07) is 12.6. The van der Waals surface area contributed by atoms with Crippen molar-refractivity contribution in [3.05, 3.63) is 65.0 Å². The van der Waals surface area contributed by atoms with Crippen LogP contribution < -0.4 is 19.8 Å². The number of ether oxygens (including phenoxy) is 1. The van der Waals surface area contributed by atoms with Gasteiger partial charge in [-0.1, -0.05) is 24.1 Å². The largest absolute Gasteiger partial charge is 0.381 e. The number of halogens is 1. The molecule has 1 aliphatic rings. The van der Waals surface area contributed by atoms with Crippen LogP contribution in [0.3, 0.4) is 0 Å². The van der Waals surface area contributed by atoms with E-state index in [1.807, 2.05) is 25.4 Å². The first-order chi connectivity index (χ1) is 18.6. The van der Waals surface area contributed by atoms with Gasteiger partial charge in [-0.05, 0) is 58.6 Å². The van der Waals surface area contributed by atoms with E-state index in [0.717, 1.165) is 52.8 Å². The first-order valence-electron chi connectivity index (χ1n) is 12.5. The Kier molecular flexibility index (Phi) is 8.45. The van der Waals surface area contributed by atoms with Crippen molar-refractivity contribution < 1.29 is 4.74 Å². The van der Waals surface area contributed by atoms with Gasteiger partial charge in [-0.2, -0.15) is 4.98 Å². The van der Waals surface area contributed by atoms with Gasteiger partial charge in [-0.15, -0.1) is 0 Å². The van der Waals surface area contributed by atoms with Gasteiger partial charge >= 0.3 is 0 Å². The van der Waals surface area contributed by atoms with Crippen LogP contribution in [-0.2, 0) is 11.3 Å². The molecule has 0 atom stereocenters. The number of aromatic nitrogens is 4. The zero-order chi connectivity index (χ0) is 26.5. The molecule has 0 radical (unpaired) electrons. The second-order valence-electron chi connectivity index (χ2n) is 9.03. The summed E-state index contributed by atoms with van der Waals surface area (Å²) >= 11 is 5.20. The predicted molar refractivity (Wildman–Crippen MR) is 160 cm³/mol. The maximum atomic E-state index is 5.52. The van der Waals surface area contributed by atoms with Gasteiger partial charge in [0.25, 0.3) is 0 Å². The van der Waals surface area contributed by atoms with Crippen LogP contribution in [0.4, 0.5) is 28.8 Å². The van der Waals surface area contributed by atoms with Gasteiger partial charge in [0.15, 0.2) is 0 Å². The average Bonchev–Trinajstić information content (AvgIpc) is 2.97. The molecular formula is C27H31BrN8OS. The van der Waals surface area contributed by atoms with Gasteiger partial charge in [0.1, 0.15) is 11.3 Å². The fourth-order valence-corrected chi connectivity index (χ4v) is 5.25. The maximum Gasteiger partial charge on any atom is 0.224 e. The molecular weight excluding hydrogens is 564 g/mol. The number of benzene rings is 2. The molecule has 0 unspecified atom stereocenters. The summed E-state index contributed by atoms with van der Waals surface area (Å²) < 4.78 is 8.35. The molecule has 1 aliphatic heterocycles. The zero-order valence-corrected chi connectivity index (χ0v) is 24.1. The summed E-state index contributed by atoms with van der Waals surface area (Å²) in [6.45, 7) is 2.64. The quantitative estimate of drug-likeness (QED) is 0.229. The smallest absolute Gasteiger partial charge is 0.224 e. The van der Waals surface area contributed by atoms with Crippen LogP contribution in [0, 0.1) is 0 Å². The molecule has 0 amide bonds. The normalized spacial score (nSPS) is 14.1. The van der Waals surface area contributed by atoms with E-state index in [0.29, 0.717) is 24.4 Å². The van der Waals surface area contributed by atoms with Gasteiger partial charge in [0, 0.05) is 64.3 Å². The Balaban J connectivity index is 1.32. The van der Waals surface area contributed by atoms with Crippen LogP contribution in [-0.4, -0.2) is 59.5 Å². The molecule has 5 rings (SSSR count). The molecule has 0 saturated carbocycles. The maximum absolute atomic E-state index is 5.52. The van der Waals surface area contributed by atoms with Crippen molar-refractivity contribution in [2.75, 3.05) is 53.3 Å². The lowest BCUT2D eigenvalue weighted by Crippen LogP contribution is -2.36. The number of nitrogens with zero attached hydrogens (tertiary/aromatic N) is 6. The minimum Gasteiger partial charge on any atom is -0.381 e. The lowest BCUT2D eigenvalue weighted by Gasteiger charge is -2.33. The van der Waals surface area contributed by atoms with Gasteiger partial charge in [0.2, 0.25) is 5.95 Å². The molecule has 2 aromatic carbocycles. The molecule has 0 spiro atoms. The van der Waals surface area contributed by atoms with Crippen molar-refractivity contribution >= 4 is 67.7 Å². The number of hydrogen-bond acceptors (Lipinski definition) is 10. The monoisotopic (exact) mass is 594 g/mol. The number of rotatable bonds is 9. The Hall–Kier alpha value is -3.15. The summed E-state index contributed by atoms with van der Waals surface area (Å²) in [6.07, 6.45) is 9.68. The molecule has 1 saturated heterocycles. The van der Waals surface area contributed by atoms with Gasteiger partial charge in [-0.3, -0.25) is 9.97 Å². The third-order valence-corrected chi connectivity index (χ3v) is 8.01. The molecule has 2 N–H and O–H groups in total. The molecule has 2 aromatic heterocycles. The fourth-order valence-electron chi connectivity index (χ4n) is 4.59. The summed E-state index contributed by atoms with van der Waals surface area (Å²) in [5.74, 6) is 1.21. The van der Waals surface area contributed by atoms with Crippen LogP contribution in [0.5, 0.6) is 0 Å². The van der Waals surface area contributed by atoms with Crippen molar-refractivity contribution in [1.29, 1.82) is 0 Å². The van der Waals surface area contributed by atoms with Gasteiger partial charge in [0.05, 0.1) is 27.5 Å². The van der Waals surface area contributed by atoms with Crippen molar-refractivity contribution in [3.8, 4) is 0 Å². The van der Waals surface area contributed by atoms with Crippen LogP contribution >= 0.6 is 27.9 Å². The van der Waals surface area contributed by atoms with E-state index in [1.54, 1.807) is 37.6 Å². The molecule has 1 fully saturated rings. The number of methoxy groups -OCH3 is 1. The van der Waals surface area contributed by atoms with Gasteiger partial charge in [-0.25, -0.2) is 4.98 Å². The standard InChI is InChI=1S/C27H31BrN8OS/c1-35(38-3)25-23(8-7-22-24(25)30-12-11-29-22)33-26-21(28)17-32-27(34-26)31-16-18-5-4-6-19(15-18)36-13-9-20(37-2)10-14-36/h4-8,11-12,15,17,20H,9-10,13-14,16H2,1-3H3,(H2,31,32,33,34). The van der Waals surface area contributed by atoms with E-state index in [9.17, 15) is 0 Å². The Morgan fingerprint density at radius 3 is 2.74 bits per heavy atom. The van der Waals surface area contributed by atoms with Crippen molar-refractivity contribution in [2.45, 2.75) is 25.5 Å². The molecule has 198 valence electrons. The summed E-state index contributed by atoms with van der Waals surface area (Å²) in [5, 5.41) is 6.85. The second-order valence-corrected chi connectivity index (χ2v) is 10.8. The highest BCUT2D eigenvalue weighted by Gasteiger charge is 2.19. The van der Waals surface area contributed by atoms with Crippen LogP contribution in [0.15, 0.2) is 59.5 Å². The SMILES string of the molecule is COC1CCN(c2cccc(CNc3ncc(Br)c(Nc4ccc5nccnc5c4N(C)SC)n3)c2)CC1. The number of nitrogens with one attached hydrogen (secondary N) is 2. The van der Waals surface area contributed by atoms with Gasteiger partial charge < -0.3 is 24.6 Å². The number of piperidine rings is 1. The summed E-state index contributed by atoms with van der Waals surface area (Å²) in [5.41, 5.74) is 5.89. The molecule has 0 bridgehead atoms. The van der Waals surface area contributed by atoms with E-state index >= 15 is 0 Å². The first kappa shape index (κ1) is 26.5. The summed E-state index contributed by atoms with van der Waals surface area (Å²) in [7, 11) is 3.81. The van der Waals surface area contributed by atoms with Crippen LogP contribution in [0.2, 0.25) is 0 Å². The third kappa shape index (κ3) is 5.95. The van der Waals surface area contributed by atoms with Crippen molar-refractivity contribution in [1.82, 2.24) is 19.9 Å². The lowest BCUT2D eigenvalue weighted by molar-refractivity contribution is 0.0819. The molecule has 3 heterocycles. The van der Waals surface area contributed by atoms with Crippen molar-refractivity contribution in [2.24, 2.45) is 0 Å². The van der Waals surface area contributed by atoms with E-state index in [2.05, 4.69) is 75.0 Å². The second kappa shape index (κ2) is 12.1. The molecule has 11 heteroatoms. The number of hydrogen-bond donors (Lipinski definition) is 2. The lowest BCUT2D eigenvalue weighted by atomic mass is 10.1.